The van der Waals surface area contributed by atoms with Crippen LogP contribution >= 0.6 is 12.4 Å². The van der Waals surface area contributed by atoms with Crippen molar-refractivity contribution in [1.82, 2.24) is 15.5 Å². The highest BCUT2D eigenvalue weighted by Crippen LogP contribution is 2.32. The fourth-order valence-corrected chi connectivity index (χ4v) is 4.82. The Morgan fingerprint density at radius 3 is 2.15 bits per heavy atom. The predicted octanol–water partition coefficient (Wildman–Crippen LogP) is 3.76. The normalized spacial score (nSPS) is 13.5. The number of sulfonamides is 1. The first-order valence-electron chi connectivity index (χ1n) is 12.0. The summed E-state index contributed by atoms with van der Waals surface area (Å²) < 4.78 is 75.0. The van der Waals surface area contributed by atoms with Gasteiger partial charge in [0.15, 0.2) is 5.75 Å². The number of nitrogens with one attached hydrogen (secondary N) is 3. The van der Waals surface area contributed by atoms with E-state index >= 15 is 0 Å². The Morgan fingerprint density at radius 2 is 1.51 bits per heavy atom. The molecular formula is C26H26ClF3N4O6S. The summed E-state index contributed by atoms with van der Waals surface area (Å²) in [5.74, 6) is -0.916. The lowest BCUT2D eigenvalue weighted by Gasteiger charge is -2.27. The average Bonchev–Trinajstić information content (AvgIpc) is 2.93. The molecule has 3 aromatic carbocycles. The van der Waals surface area contributed by atoms with Gasteiger partial charge >= 0.3 is 6.36 Å². The maximum Gasteiger partial charge on any atom is 0.573 e. The fourth-order valence-electron chi connectivity index (χ4n) is 3.75. The Kier molecular flexibility index (Phi) is 10.4. The standard InChI is InChI=1S/C26H25F3N4O6S.ClH/c27-26(28,29)39-20-9-7-19(8-10-20)38-23-4-2-1-3-22(23)32-40(36,37)21-11-5-18(6-12-21)25(35)31-17-24(34)33-15-13-30-14-16-33;/h1-12,30,32H,13-17H2,(H,31,35);1H. The molecule has 1 aliphatic heterocycles. The maximum absolute atomic E-state index is 13.0. The van der Waals surface area contributed by atoms with Gasteiger partial charge in [0.05, 0.1) is 17.1 Å². The molecule has 15 heteroatoms. The topological polar surface area (TPSA) is 126 Å². The van der Waals surface area contributed by atoms with Crippen molar-refractivity contribution in [2.75, 3.05) is 37.4 Å². The summed E-state index contributed by atoms with van der Waals surface area (Å²) in [6, 6.07) is 15.9. The van der Waals surface area contributed by atoms with Gasteiger partial charge < -0.3 is 25.0 Å². The van der Waals surface area contributed by atoms with Gasteiger partial charge in [-0.1, -0.05) is 12.1 Å². The molecule has 0 radical (unpaired) electrons. The van der Waals surface area contributed by atoms with Crippen LogP contribution in [-0.4, -0.2) is 64.2 Å². The minimum atomic E-state index is -4.83. The summed E-state index contributed by atoms with van der Waals surface area (Å²) in [6.07, 6.45) is -4.83. The van der Waals surface area contributed by atoms with E-state index < -0.39 is 28.0 Å². The van der Waals surface area contributed by atoms with Crippen LogP contribution in [-0.2, 0) is 14.8 Å². The smallest absolute Gasteiger partial charge is 0.455 e. The number of piperazine rings is 1. The van der Waals surface area contributed by atoms with Crippen molar-refractivity contribution < 1.29 is 40.7 Å². The van der Waals surface area contributed by atoms with E-state index in [1.807, 2.05) is 0 Å². The number of carbonyl (C=O) groups is 2. The number of nitrogens with zero attached hydrogens (tertiary/aromatic N) is 1. The van der Waals surface area contributed by atoms with E-state index in [4.69, 9.17) is 4.74 Å². The van der Waals surface area contributed by atoms with Gasteiger partial charge in [-0.3, -0.25) is 14.3 Å². The fraction of sp³-hybridized carbons (Fsp3) is 0.231. The Labute approximate surface area is 240 Å². The molecule has 0 aromatic heterocycles. The van der Waals surface area contributed by atoms with Crippen molar-refractivity contribution >= 4 is 39.9 Å². The lowest BCUT2D eigenvalue weighted by Crippen LogP contribution is -2.49. The van der Waals surface area contributed by atoms with Crippen molar-refractivity contribution in [3.8, 4) is 17.2 Å². The van der Waals surface area contributed by atoms with Gasteiger partial charge in [-0.05, 0) is 60.7 Å². The van der Waals surface area contributed by atoms with E-state index in [9.17, 15) is 31.2 Å². The van der Waals surface area contributed by atoms with Crippen LogP contribution in [0, 0.1) is 0 Å². The van der Waals surface area contributed by atoms with Crippen molar-refractivity contribution in [2.24, 2.45) is 0 Å². The molecule has 1 saturated heterocycles. The van der Waals surface area contributed by atoms with Gasteiger partial charge in [0, 0.05) is 31.7 Å². The van der Waals surface area contributed by atoms with Crippen LogP contribution in [0.15, 0.2) is 77.7 Å². The lowest BCUT2D eigenvalue weighted by atomic mass is 10.2. The molecule has 220 valence electrons. The Hall–Kier alpha value is -4.01. The second kappa shape index (κ2) is 13.6. The zero-order valence-corrected chi connectivity index (χ0v) is 22.9. The highest BCUT2D eigenvalue weighted by Gasteiger charge is 2.31. The van der Waals surface area contributed by atoms with Gasteiger partial charge in [-0.2, -0.15) is 0 Å². The van der Waals surface area contributed by atoms with Gasteiger partial charge in [0.25, 0.3) is 15.9 Å². The second-order valence-corrected chi connectivity index (χ2v) is 10.2. The van der Waals surface area contributed by atoms with E-state index in [-0.39, 0.29) is 52.5 Å². The summed E-state index contributed by atoms with van der Waals surface area (Å²) in [5.41, 5.74) is 0.250. The van der Waals surface area contributed by atoms with Gasteiger partial charge in [0.2, 0.25) is 5.91 Å². The molecule has 0 saturated carbocycles. The van der Waals surface area contributed by atoms with E-state index in [2.05, 4.69) is 20.1 Å². The zero-order chi connectivity index (χ0) is 28.8. The Balaban J connectivity index is 0.00000462. The monoisotopic (exact) mass is 614 g/mol. The first-order chi connectivity index (χ1) is 19.0. The van der Waals surface area contributed by atoms with E-state index in [0.29, 0.717) is 26.2 Å². The predicted molar refractivity (Wildman–Crippen MR) is 146 cm³/mol. The molecule has 0 atom stereocenters. The second-order valence-electron chi connectivity index (χ2n) is 8.56. The van der Waals surface area contributed by atoms with Crippen LogP contribution in [0.3, 0.4) is 0 Å². The number of benzene rings is 3. The third-order valence-corrected chi connectivity index (χ3v) is 7.09. The number of para-hydroxylation sites is 2. The molecule has 10 nitrogen and oxygen atoms in total. The van der Waals surface area contributed by atoms with Gasteiger partial charge in [0.1, 0.15) is 11.5 Å². The zero-order valence-electron chi connectivity index (χ0n) is 21.3. The van der Waals surface area contributed by atoms with E-state index in [1.54, 1.807) is 17.0 Å². The molecule has 0 bridgehead atoms. The van der Waals surface area contributed by atoms with Gasteiger partial charge in [-0.15, -0.1) is 25.6 Å². The molecule has 2 amide bonds. The molecule has 0 aliphatic carbocycles. The summed E-state index contributed by atoms with van der Waals surface area (Å²) in [4.78, 5) is 26.2. The number of halogens is 4. The summed E-state index contributed by atoms with van der Waals surface area (Å²) in [7, 11) is -4.11. The Bertz CT molecular complexity index is 1450. The van der Waals surface area contributed by atoms with Crippen LogP contribution in [0.25, 0.3) is 0 Å². The maximum atomic E-state index is 13.0. The number of carbonyl (C=O) groups excluding carboxylic acids is 2. The number of anilines is 1. The third kappa shape index (κ3) is 8.99. The summed E-state index contributed by atoms with van der Waals surface area (Å²) in [5, 5.41) is 5.68. The molecule has 4 rings (SSSR count). The van der Waals surface area contributed by atoms with E-state index in [0.717, 1.165) is 12.1 Å². The van der Waals surface area contributed by atoms with Crippen LogP contribution in [0.2, 0.25) is 0 Å². The first-order valence-corrected chi connectivity index (χ1v) is 13.5. The third-order valence-electron chi connectivity index (χ3n) is 5.71. The number of amides is 2. The van der Waals surface area contributed by atoms with Crippen molar-refractivity contribution in [2.45, 2.75) is 11.3 Å². The molecule has 41 heavy (non-hydrogen) atoms. The molecule has 3 N–H and O–H groups in total. The minimum Gasteiger partial charge on any atom is -0.455 e. The van der Waals surface area contributed by atoms with Crippen LogP contribution in [0.1, 0.15) is 10.4 Å². The molecule has 1 aliphatic rings. The van der Waals surface area contributed by atoms with Crippen LogP contribution in [0.4, 0.5) is 18.9 Å². The first kappa shape index (κ1) is 31.5. The number of hydrogen-bond acceptors (Lipinski definition) is 7. The van der Waals surface area contributed by atoms with Crippen molar-refractivity contribution in [3.63, 3.8) is 0 Å². The molecule has 3 aromatic rings. The quantitative estimate of drug-likeness (QED) is 0.335. The van der Waals surface area contributed by atoms with E-state index in [1.165, 1.54) is 48.5 Å². The molecular weight excluding hydrogens is 589 g/mol. The number of rotatable bonds is 9. The molecule has 1 fully saturated rings. The average molecular weight is 615 g/mol. The van der Waals surface area contributed by atoms with Crippen molar-refractivity contribution in [1.29, 1.82) is 0 Å². The van der Waals surface area contributed by atoms with Crippen LogP contribution in [0.5, 0.6) is 17.2 Å². The largest absolute Gasteiger partial charge is 0.573 e. The van der Waals surface area contributed by atoms with Crippen LogP contribution < -0.4 is 24.8 Å². The number of hydrogen-bond donors (Lipinski definition) is 3. The molecule has 1 heterocycles. The minimum absolute atomic E-state index is 0. The SMILES string of the molecule is Cl.O=C(NCC(=O)N1CCNCC1)c1ccc(S(=O)(=O)Nc2ccccc2Oc2ccc(OC(F)(F)F)cc2)cc1. The number of ether oxygens (including phenoxy) is 2. The Morgan fingerprint density at radius 1 is 0.902 bits per heavy atom. The lowest BCUT2D eigenvalue weighted by molar-refractivity contribution is -0.274. The molecule has 0 spiro atoms. The number of alkyl halides is 3. The summed E-state index contributed by atoms with van der Waals surface area (Å²) >= 11 is 0. The highest BCUT2D eigenvalue weighted by atomic mass is 35.5. The van der Waals surface area contributed by atoms with Crippen molar-refractivity contribution in [3.05, 3.63) is 78.4 Å². The highest BCUT2D eigenvalue weighted by molar-refractivity contribution is 7.92. The summed E-state index contributed by atoms with van der Waals surface area (Å²) in [6.45, 7) is 2.33. The van der Waals surface area contributed by atoms with Gasteiger partial charge in [-0.25, -0.2) is 8.42 Å². The molecule has 0 unspecified atom stereocenters.